The van der Waals surface area contributed by atoms with Gasteiger partial charge in [0.15, 0.2) is 0 Å². The fourth-order valence-corrected chi connectivity index (χ4v) is 3.46. The van der Waals surface area contributed by atoms with E-state index < -0.39 is 0 Å². The maximum Gasteiger partial charge on any atom is 0.234 e. The Balaban J connectivity index is 1.73. The zero-order chi connectivity index (χ0) is 18.3. The second kappa shape index (κ2) is 9.50. The SMILES string of the molecule is CCC(=O)N1CCCN(CC(=O)NCC(C)(C)N2CCOCC2)CC1. The molecule has 0 aromatic rings. The average molecular weight is 354 g/mol. The van der Waals surface area contributed by atoms with E-state index in [1.54, 1.807) is 0 Å². The first-order chi connectivity index (χ1) is 11.9. The molecule has 144 valence electrons. The molecule has 0 aromatic heterocycles. The summed E-state index contributed by atoms with van der Waals surface area (Å²) in [6.45, 7) is 13.8. The maximum absolute atomic E-state index is 12.3. The van der Waals surface area contributed by atoms with Crippen molar-refractivity contribution in [2.45, 2.75) is 39.2 Å². The highest BCUT2D eigenvalue weighted by molar-refractivity contribution is 5.78. The summed E-state index contributed by atoms with van der Waals surface area (Å²) >= 11 is 0. The Morgan fingerprint density at radius 2 is 1.76 bits per heavy atom. The number of carbonyl (C=O) groups excluding carboxylic acids is 2. The van der Waals surface area contributed by atoms with Gasteiger partial charge in [-0.1, -0.05) is 6.92 Å². The minimum atomic E-state index is -0.0669. The summed E-state index contributed by atoms with van der Waals surface area (Å²) in [5.74, 6) is 0.273. The van der Waals surface area contributed by atoms with Crippen molar-refractivity contribution < 1.29 is 14.3 Å². The number of nitrogens with zero attached hydrogens (tertiary/aromatic N) is 3. The van der Waals surface area contributed by atoms with Gasteiger partial charge in [0.05, 0.1) is 19.8 Å². The van der Waals surface area contributed by atoms with Crippen LogP contribution in [-0.2, 0) is 14.3 Å². The predicted molar refractivity (Wildman–Crippen MR) is 97.4 cm³/mol. The molecule has 2 aliphatic rings. The first-order valence-electron chi connectivity index (χ1n) is 9.52. The van der Waals surface area contributed by atoms with Crippen LogP contribution in [-0.4, -0.2) is 97.6 Å². The van der Waals surface area contributed by atoms with Crippen molar-refractivity contribution in [3.8, 4) is 0 Å². The van der Waals surface area contributed by atoms with Crippen molar-refractivity contribution in [1.82, 2.24) is 20.0 Å². The monoisotopic (exact) mass is 354 g/mol. The van der Waals surface area contributed by atoms with Gasteiger partial charge in [0.2, 0.25) is 11.8 Å². The van der Waals surface area contributed by atoms with Crippen LogP contribution < -0.4 is 5.32 Å². The molecular weight excluding hydrogens is 320 g/mol. The molecule has 7 heteroatoms. The highest BCUT2D eigenvalue weighted by Gasteiger charge is 2.29. The number of nitrogens with one attached hydrogen (secondary N) is 1. The third-order valence-electron chi connectivity index (χ3n) is 5.20. The van der Waals surface area contributed by atoms with Gasteiger partial charge in [-0.3, -0.25) is 19.4 Å². The smallest absolute Gasteiger partial charge is 0.234 e. The largest absolute Gasteiger partial charge is 0.379 e. The molecule has 2 amide bonds. The van der Waals surface area contributed by atoms with E-state index in [0.717, 1.165) is 58.9 Å². The van der Waals surface area contributed by atoms with Gasteiger partial charge < -0.3 is 15.0 Å². The van der Waals surface area contributed by atoms with E-state index in [9.17, 15) is 9.59 Å². The van der Waals surface area contributed by atoms with Gasteiger partial charge in [-0.25, -0.2) is 0 Å². The highest BCUT2D eigenvalue weighted by atomic mass is 16.5. The Labute approximate surface area is 151 Å². The molecule has 2 saturated heterocycles. The summed E-state index contributed by atoms with van der Waals surface area (Å²) in [7, 11) is 0. The normalized spacial score (nSPS) is 21.0. The molecule has 0 atom stereocenters. The van der Waals surface area contributed by atoms with Crippen LogP contribution in [0.2, 0.25) is 0 Å². The molecule has 0 aromatic carbocycles. The molecule has 7 nitrogen and oxygen atoms in total. The van der Waals surface area contributed by atoms with Crippen LogP contribution in [0.25, 0.3) is 0 Å². The van der Waals surface area contributed by atoms with Gasteiger partial charge in [-0.2, -0.15) is 0 Å². The molecule has 0 aliphatic carbocycles. The highest BCUT2D eigenvalue weighted by Crippen LogP contribution is 2.15. The Morgan fingerprint density at radius 1 is 1.04 bits per heavy atom. The molecule has 2 fully saturated rings. The van der Waals surface area contributed by atoms with E-state index in [-0.39, 0.29) is 17.4 Å². The van der Waals surface area contributed by atoms with Gasteiger partial charge in [-0.05, 0) is 20.3 Å². The molecule has 0 bridgehead atoms. The minimum absolute atomic E-state index is 0.0663. The number of hydrogen-bond acceptors (Lipinski definition) is 5. The molecule has 2 aliphatic heterocycles. The van der Waals surface area contributed by atoms with E-state index in [1.807, 2.05) is 11.8 Å². The topological polar surface area (TPSA) is 65.1 Å². The lowest BCUT2D eigenvalue weighted by Gasteiger charge is -2.41. The van der Waals surface area contributed by atoms with E-state index in [0.29, 0.717) is 19.5 Å². The van der Waals surface area contributed by atoms with Crippen LogP contribution in [0.5, 0.6) is 0 Å². The zero-order valence-corrected chi connectivity index (χ0v) is 16.1. The second-order valence-electron chi connectivity index (χ2n) is 7.55. The molecule has 0 saturated carbocycles. The van der Waals surface area contributed by atoms with Crippen LogP contribution >= 0.6 is 0 Å². The van der Waals surface area contributed by atoms with Crippen LogP contribution in [0.3, 0.4) is 0 Å². The van der Waals surface area contributed by atoms with Crippen molar-refractivity contribution in [2.24, 2.45) is 0 Å². The summed E-state index contributed by atoms with van der Waals surface area (Å²) in [6, 6.07) is 0. The fraction of sp³-hybridized carbons (Fsp3) is 0.889. The molecule has 1 N–H and O–H groups in total. The Kier molecular flexibility index (Phi) is 7.65. The summed E-state index contributed by atoms with van der Waals surface area (Å²) in [5.41, 5.74) is -0.0669. The minimum Gasteiger partial charge on any atom is -0.379 e. The summed E-state index contributed by atoms with van der Waals surface area (Å²) < 4.78 is 5.40. The second-order valence-corrected chi connectivity index (χ2v) is 7.55. The van der Waals surface area contributed by atoms with Crippen molar-refractivity contribution in [1.29, 1.82) is 0 Å². The fourth-order valence-electron chi connectivity index (χ4n) is 3.46. The van der Waals surface area contributed by atoms with Crippen LogP contribution in [0.1, 0.15) is 33.6 Å². The Bertz CT molecular complexity index is 450. The summed E-state index contributed by atoms with van der Waals surface area (Å²) in [4.78, 5) is 30.6. The van der Waals surface area contributed by atoms with Crippen molar-refractivity contribution in [3.63, 3.8) is 0 Å². The van der Waals surface area contributed by atoms with Crippen LogP contribution in [0.15, 0.2) is 0 Å². The number of carbonyl (C=O) groups is 2. The Hall–Kier alpha value is -1.18. The quantitative estimate of drug-likeness (QED) is 0.736. The third-order valence-corrected chi connectivity index (χ3v) is 5.20. The zero-order valence-electron chi connectivity index (χ0n) is 16.1. The molecular formula is C18H34N4O3. The molecule has 0 unspecified atom stereocenters. The molecule has 0 spiro atoms. The van der Waals surface area contributed by atoms with Crippen LogP contribution in [0.4, 0.5) is 0 Å². The number of morpholine rings is 1. The molecule has 25 heavy (non-hydrogen) atoms. The summed E-state index contributed by atoms with van der Waals surface area (Å²) in [6.07, 6.45) is 1.48. The molecule has 0 radical (unpaired) electrons. The van der Waals surface area contributed by atoms with Crippen molar-refractivity contribution in [2.75, 3.05) is 65.6 Å². The third kappa shape index (κ3) is 6.24. The lowest BCUT2D eigenvalue weighted by molar-refractivity contribution is -0.130. The van der Waals surface area contributed by atoms with Crippen molar-refractivity contribution >= 4 is 11.8 Å². The molecule has 2 rings (SSSR count). The van der Waals surface area contributed by atoms with Gasteiger partial charge in [-0.15, -0.1) is 0 Å². The van der Waals surface area contributed by atoms with Crippen LogP contribution in [0, 0.1) is 0 Å². The average Bonchev–Trinajstić information content (AvgIpc) is 2.86. The molecule has 2 heterocycles. The lowest BCUT2D eigenvalue weighted by Crippen LogP contribution is -2.56. The standard InChI is InChI=1S/C18H34N4O3/c1-4-17(24)21-7-5-6-20(8-9-21)14-16(23)19-15-18(2,3)22-10-12-25-13-11-22/h4-15H2,1-3H3,(H,19,23). The first-order valence-corrected chi connectivity index (χ1v) is 9.52. The number of amides is 2. The van der Waals surface area contributed by atoms with E-state index in [1.165, 1.54) is 0 Å². The first kappa shape index (κ1) is 20.1. The number of ether oxygens (including phenoxy) is 1. The van der Waals surface area contributed by atoms with E-state index in [4.69, 9.17) is 4.74 Å². The Morgan fingerprint density at radius 3 is 2.44 bits per heavy atom. The number of hydrogen-bond donors (Lipinski definition) is 1. The van der Waals surface area contributed by atoms with Gasteiger partial charge >= 0.3 is 0 Å². The van der Waals surface area contributed by atoms with Gasteiger partial charge in [0.1, 0.15) is 0 Å². The predicted octanol–water partition coefficient (Wildman–Crippen LogP) is 0.158. The lowest BCUT2D eigenvalue weighted by atomic mass is 10.0. The van der Waals surface area contributed by atoms with Gasteiger partial charge in [0, 0.05) is 57.8 Å². The maximum atomic E-state index is 12.3. The van der Waals surface area contributed by atoms with Crippen molar-refractivity contribution in [3.05, 3.63) is 0 Å². The van der Waals surface area contributed by atoms with E-state index >= 15 is 0 Å². The number of rotatable bonds is 6. The van der Waals surface area contributed by atoms with Gasteiger partial charge in [0.25, 0.3) is 0 Å². The van der Waals surface area contributed by atoms with E-state index in [2.05, 4.69) is 29.0 Å². The summed E-state index contributed by atoms with van der Waals surface area (Å²) in [5, 5.41) is 3.09.